The summed E-state index contributed by atoms with van der Waals surface area (Å²) < 4.78 is 10.4. The van der Waals surface area contributed by atoms with E-state index in [1.54, 1.807) is 16.7 Å². The predicted molar refractivity (Wildman–Crippen MR) is 121 cm³/mol. The lowest BCUT2D eigenvalue weighted by molar-refractivity contribution is 0.0240. The van der Waals surface area contributed by atoms with Crippen LogP contribution in [-0.2, 0) is 9.47 Å². The smallest absolute Gasteiger partial charge is 0.410 e. The van der Waals surface area contributed by atoms with Gasteiger partial charge in [0, 0.05) is 36.6 Å². The van der Waals surface area contributed by atoms with E-state index in [1.165, 1.54) is 18.4 Å². The third-order valence-electron chi connectivity index (χ3n) is 4.55. The van der Waals surface area contributed by atoms with Crippen LogP contribution < -0.4 is 4.90 Å². The van der Waals surface area contributed by atoms with Gasteiger partial charge in [0.2, 0.25) is 0 Å². The fourth-order valence-corrected chi connectivity index (χ4v) is 4.49. The number of thiazole rings is 1. The molecule has 0 atom stereocenters. The van der Waals surface area contributed by atoms with Gasteiger partial charge in [-0.2, -0.15) is 0 Å². The Kier molecular flexibility index (Phi) is 6.92. The predicted octanol–water partition coefficient (Wildman–Crippen LogP) is 4.38. The number of rotatable bonds is 4. The molecule has 7 nitrogen and oxygen atoms in total. The van der Waals surface area contributed by atoms with Crippen LogP contribution in [0, 0.1) is 0 Å². The standard InChI is InChI=1S/C21H27N3O4S2/c1-21(2,3)28-20(26)24-12-10-23(11-13-24)19-22-16(17(30-19)18(25)27-4)14-6-8-15(29-5)9-7-14/h6-9H,10-13H2,1-5H3. The molecule has 1 aliphatic rings. The summed E-state index contributed by atoms with van der Waals surface area (Å²) in [5.74, 6) is -0.393. The molecule has 1 saturated heterocycles. The first-order valence-corrected chi connectivity index (χ1v) is 11.7. The van der Waals surface area contributed by atoms with Crippen molar-refractivity contribution in [2.75, 3.05) is 44.4 Å². The molecule has 1 aromatic carbocycles. The second-order valence-corrected chi connectivity index (χ2v) is 9.71. The molecule has 2 heterocycles. The van der Waals surface area contributed by atoms with Crippen LogP contribution in [0.5, 0.6) is 0 Å². The van der Waals surface area contributed by atoms with E-state index in [-0.39, 0.29) is 6.09 Å². The summed E-state index contributed by atoms with van der Waals surface area (Å²) in [5.41, 5.74) is 0.992. The van der Waals surface area contributed by atoms with Gasteiger partial charge in [-0.25, -0.2) is 14.6 Å². The summed E-state index contributed by atoms with van der Waals surface area (Å²) in [4.78, 5) is 34.8. The van der Waals surface area contributed by atoms with E-state index in [1.807, 2.05) is 51.3 Å². The highest BCUT2D eigenvalue weighted by Gasteiger charge is 2.29. The van der Waals surface area contributed by atoms with E-state index < -0.39 is 11.6 Å². The third kappa shape index (κ3) is 5.26. The number of ether oxygens (including phenoxy) is 2. The average Bonchev–Trinajstić information content (AvgIpc) is 3.17. The first-order valence-electron chi connectivity index (χ1n) is 9.68. The highest BCUT2D eigenvalue weighted by molar-refractivity contribution is 7.98. The lowest BCUT2D eigenvalue weighted by Crippen LogP contribution is -2.50. The van der Waals surface area contributed by atoms with Crippen molar-refractivity contribution in [2.24, 2.45) is 0 Å². The minimum absolute atomic E-state index is 0.300. The zero-order chi connectivity index (χ0) is 21.9. The Morgan fingerprint density at radius 3 is 2.27 bits per heavy atom. The molecule has 1 aliphatic heterocycles. The number of hydrogen-bond acceptors (Lipinski definition) is 8. The Labute approximate surface area is 185 Å². The lowest BCUT2D eigenvalue weighted by Gasteiger charge is -2.35. The van der Waals surface area contributed by atoms with E-state index in [4.69, 9.17) is 14.5 Å². The quantitative estimate of drug-likeness (QED) is 0.507. The first-order chi connectivity index (χ1) is 14.2. The number of amides is 1. The zero-order valence-electron chi connectivity index (χ0n) is 17.9. The topological polar surface area (TPSA) is 72.0 Å². The van der Waals surface area contributed by atoms with Crippen molar-refractivity contribution in [1.29, 1.82) is 0 Å². The number of thioether (sulfide) groups is 1. The van der Waals surface area contributed by atoms with Gasteiger partial charge >= 0.3 is 12.1 Å². The zero-order valence-corrected chi connectivity index (χ0v) is 19.6. The molecule has 9 heteroatoms. The van der Waals surface area contributed by atoms with Gasteiger partial charge in [0.15, 0.2) is 5.13 Å². The highest BCUT2D eigenvalue weighted by Crippen LogP contribution is 2.35. The molecule has 0 N–H and O–H groups in total. The third-order valence-corrected chi connectivity index (χ3v) is 6.39. The molecule has 3 rings (SSSR count). The molecule has 0 radical (unpaired) electrons. The molecular weight excluding hydrogens is 422 g/mol. The van der Waals surface area contributed by atoms with Crippen molar-refractivity contribution in [3.8, 4) is 11.3 Å². The van der Waals surface area contributed by atoms with Crippen molar-refractivity contribution in [3.05, 3.63) is 29.1 Å². The number of methoxy groups -OCH3 is 1. The van der Waals surface area contributed by atoms with Crippen LogP contribution in [0.2, 0.25) is 0 Å². The fourth-order valence-electron chi connectivity index (χ4n) is 3.03. The number of piperazine rings is 1. The van der Waals surface area contributed by atoms with Crippen LogP contribution in [0.15, 0.2) is 29.2 Å². The van der Waals surface area contributed by atoms with Gasteiger partial charge in [0.25, 0.3) is 0 Å². The number of esters is 1. The Hall–Kier alpha value is -2.26. The van der Waals surface area contributed by atoms with Crippen molar-refractivity contribution in [2.45, 2.75) is 31.3 Å². The maximum Gasteiger partial charge on any atom is 0.410 e. The summed E-state index contributed by atoms with van der Waals surface area (Å²) in [6.45, 7) is 7.91. The number of anilines is 1. The summed E-state index contributed by atoms with van der Waals surface area (Å²) in [5, 5.41) is 0.753. The second-order valence-electron chi connectivity index (χ2n) is 7.85. The number of carbonyl (C=O) groups excluding carboxylic acids is 2. The average molecular weight is 450 g/mol. The number of aromatic nitrogens is 1. The van der Waals surface area contributed by atoms with Crippen LogP contribution in [0.25, 0.3) is 11.3 Å². The molecule has 0 aliphatic carbocycles. The molecule has 0 spiro atoms. The molecule has 30 heavy (non-hydrogen) atoms. The molecule has 1 amide bonds. The second kappa shape index (κ2) is 9.26. The van der Waals surface area contributed by atoms with E-state index in [9.17, 15) is 9.59 Å². The van der Waals surface area contributed by atoms with E-state index in [2.05, 4.69) is 4.90 Å². The maximum absolute atomic E-state index is 12.4. The Morgan fingerprint density at radius 2 is 1.73 bits per heavy atom. The minimum atomic E-state index is -0.514. The first kappa shape index (κ1) is 22.4. The molecule has 0 saturated carbocycles. The molecule has 1 fully saturated rings. The molecule has 0 unspecified atom stereocenters. The largest absolute Gasteiger partial charge is 0.465 e. The van der Waals surface area contributed by atoms with Gasteiger partial charge in [0.05, 0.1) is 12.8 Å². The molecule has 0 bridgehead atoms. The van der Waals surface area contributed by atoms with Crippen molar-refractivity contribution in [1.82, 2.24) is 9.88 Å². The van der Waals surface area contributed by atoms with Gasteiger partial charge in [-0.3, -0.25) is 0 Å². The van der Waals surface area contributed by atoms with Crippen LogP contribution in [0.4, 0.5) is 9.93 Å². The Bertz CT molecular complexity index is 898. The Balaban J connectivity index is 1.78. The van der Waals surface area contributed by atoms with Gasteiger partial charge in [0.1, 0.15) is 10.5 Å². The monoisotopic (exact) mass is 449 g/mol. The summed E-state index contributed by atoms with van der Waals surface area (Å²) in [6, 6.07) is 7.97. The number of nitrogens with zero attached hydrogens (tertiary/aromatic N) is 3. The van der Waals surface area contributed by atoms with E-state index in [0.29, 0.717) is 36.8 Å². The SMILES string of the molecule is COC(=O)c1sc(N2CCN(C(=O)OC(C)(C)C)CC2)nc1-c1ccc(SC)cc1. The van der Waals surface area contributed by atoms with Crippen molar-refractivity contribution < 1.29 is 19.1 Å². The number of hydrogen-bond donors (Lipinski definition) is 0. The van der Waals surface area contributed by atoms with Crippen LogP contribution in [0.1, 0.15) is 30.4 Å². The van der Waals surface area contributed by atoms with Crippen molar-refractivity contribution >= 4 is 40.3 Å². The van der Waals surface area contributed by atoms with Gasteiger partial charge in [-0.1, -0.05) is 23.5 Å². The maximum atomic E-state index is 12.4. The summed E-state index contributed by atoms with van der Waals surface area (Å²) in [7, 11) is 1.38. The van der Waals surface area contributed by atoms with Crippen LogP contribution in [0.3, 0.4) is 0 Å². The molecule has 2 aromatic rings. The fraction of sp³-hybridized carbons (Fsp3) is 0.476. The minimum Gasteiger partial charge on any atom is -0.465 e. The van der Waals surface area contributed by atoms with Crippen LogP contribution in [-0.4, -0.2) is 67.1 Å². The van der Waals surface area contributed by atoms with Gasteiger partial charge in [-0.15, -0.1) is 11.8 Å². The highest BCUT2D eigenvalue weighted by atomic mass is 32.2. The van der Waals surface area contributed by atoms with Gasteiger partial charge < -0.3 is 19.3 Å². The summed E-state index contributed by atoms with van der Waals surface area (Å²) >= 11 is 2.98. The summed E-state index contributed by atoms with van der Waals surface area (Å²) in [6.07, 6.45) is 1.72. The molecule has 162 valence electrons. The van der Waals surface area contributed by atoms with Crippen LogP contribution >= 0.6 is 23.1 Å². The lowest BCUT2D eigenvalue weighted by atomic mass is 10.1. The van der Waals surface area contributed by atoms with Crippen molar-refractivity contribution in [3.63, 3.8) is 0 Å². The molecule has 1 aromatic heterocycles. The normalized spacial score (nSPS) is 14.6. The van der Waals surface area contributed by atoms with E-state index in [0.717, 1.165) is 15.6 Å². The molecular formula is C21H27N3O4S2. The van der Waals surface area contributed by atoms with Gasteiger partial charge in [-0.05, 0) is 39.2 Å². The van der Waals surface area contributed by atoms with E-state index >= 15 is 0 Å². The Morgan fingerprint density at radius 1 is 1.10 bits per heavy atom. The number of benzene rings is 1. The number of carbonyl (C=O) groups is 2.